The number of likely N-dealkylation sites (tertiary alicyclic amines) is 1. The van der Waals surface area contributed by atoms with E-state index in [4.69, 9.17) is 0 Å². The molecule has 1 fully saturated rings. The number of rotatable bonds is 8. The van der Waals surface area contributed by atoms with E-state index >= 15 is 0 Å². The SMILES string of the molecule is CN=C(NCC1CCN(Cc2csc(C)n2)CC1)NC(C)CCC(C)C.I. The average molecular weight is 508 g/mol. The number of hydrogen-bond donors (Lipinski definition) is 2. The van der Waals surface area contributed by atoms with Crippen LogP contribution in [-0.4, -0.2) is 48.6 Å². The van der Waals surface area contributed by atoms with E-state index in [0.29, 0.717) is 6.04 Å². The van der Waals surface area contributed by atoms with E-state index in [0.717, 1.165) is 30.9 Å². The van der Waals surface area contributed by atoms with Crippen LogP contribution in [0.25, 0.3) is 0 Å². The van der Waals surface area contributed by atoms with Crippen molar-refractivity contribution in [3.05, 3.63) is 16.1 Å². The number of nitrogens with one attached hydrogen (secondary N) is 2. The van der Waals surface area contributed by atoms with Crippen LogP contribution in [0.15, 0.2) is 10.4 Å². The number of hydrogen-bond acceptors (Lipinski definition) is 4. The molecular weight excluding hydrogens is 469 g/mol. The van der Waals surface area contributed by atoms with Gasteiger partial charge in [-0.2, -0.15) is 0 Å². The molecule has 1 aliphatic rings. The van der Waals surface area contributed by atoms with Gasteiger partial charge in [0.25, 0.3) is 0 Å². The van der Waals surface area contributed by atoms with E-state index in [1.165, 1.54) is 49.5 Å². The van der Waals surface area contributed by atoms with Crippen molar-refractivity contribution in [2.24, 2.45) is 16.8 Å². The monoisotopic (exact) mass is 507 g/mol. The van der Waals surface area contributed by atoms with Crippen LogP contribution in [0, 0.1) is 18.8 Å². The normalized spacial score (nSPS) is 17.6. The number of aliphatic imine (C=N–C) groups is 1. The van der Waals surface area contributed by atoms with Gasteiger partial charge in [-0.3, -0.25) is 9.89 Å². The van der Waals surface area contributed by atoms with Gasteiger partial charge in [0.1, 0.15) is 0 Å². The smallest absolute Gasteiger partial charge is 0.191 e. The number of piperidine rings is 1. The Labute approximate surface area is 186 Å². The lowest BCUT2D eigenvalue weighted by Crippen LogP contribution is -2.45. The molecule has 27 heavy (non-hydrogen) atoms. The molecule has 1 aromatic heterocycles. The summed E-state index contributed by atoms with van der Waals surface area (Å²) in [6, 6.07) is 0.465. The van der Waals surface area contributed by atoms with Gasteiger partial charge in [0.05, 0.1) is 10.7 Å². The Hall–Kier alpha value is -0.410. The Morgan fingerprint density at radius 2 is 2.00 bits per heavy atom. The van der Waals surface area contributed by atoms with Crippen LogP contribution in [0.3, 0.4) is 0 Å². The zero-order chi connectivity index (χ0) is 18.9. The molecule has 0 radical (unpaired) electrons. The lowest BCUT2D eigenvalue weighted by Gasteiger charge is -2.32. The number of halogens is 1. The van der Waals surface area contributed by atoms with E-state index < -0.39 is 0 Å². The van der Waals surface area contributed by atoms with Crippen LogP contribution in [-0.2, 0) is 6.54 Å². The highest BCUT2D eigenvalue weighted by Gasteiger charge is 2.20. The van der Waals surface area contributed by atoms with E-state index in [1.54, 1.807) is 11.3 Å². The van der Waals surface area contributed by atoms with Crippen molar-refractivity contribution >= 4 is 41.3 Å². The van der Waals surface area contributed by atoms with Crippen molar-refractivity contribution in [2.45, 2.75) is 66.0 Å². The van der Waals surface area contributed by atoms with Crippen LogP contribution < -0.4 is 10.6 Å². The molecule has 2 rings (SSSR count). The number of nitrogens with zero attached hydrogens (tertiary/aromatic N) is 3. The Morgan fingerprint density at radius 3 is 2.56 bits per heavy atom. The molecule has 1 aromatic rings. The molecule has 0 saturated carbocycles. The first kappa shape index (κ1) is 24.6. The fraction of sp³-hybridized carbons (Fsp3) is 0.800. The third-order valence-corrected chi connectivity index (χ3v) is 5.92. The highest BCUT2D eigenvalue weighted by Crippen LogP contribution is 2.19. The Morgan fingerprint density at radius 1 is 1.30 bits per heavy atom. The van der Waals surface area contributed by atoms with Gasteiger partial charge in [0.2, 0.25) is 0 Å². The second kappa shape index (κ2) is 12.9. The Kier molecular flexibility index (Phi) is 11.8. The van der Waals surface area contributed by atoms with Crippen LogP contribution in [0.4, 0.5) is 0 Å². The van der Waals surface area contributed by atoms with Crippen LogP contribution in [0.5, 0.6) is 0 Å². The summed E-state index contributed by atoms with van der Waals surface area (Å²) in [4.78, 5) is 11.5. The lowest BCUT2D eigenvalue weighted by atomic mass is 9.97. The average Bonchev–Trinajstić information content (AvgIpc) is 3.02. The van der Waals surface area contributed by atoms with Gasteiger partial charge in [-0.1, -0.05) is 13.8 Å². The first-order valence-electron chi connectivity index (χ1n) is 10.1. The minimum Gasteiger partial charge on any atom is -0.356 e. The predicted molar refractivity (Wildman–Crippen MR) is 128 cm³/mol. The molecule has 0 spiro atoms. The summed E-state index contributed by atoms with van der Waals surface area (Å²) in [7, 11) is 1.86. The Balaban J connectivity index is 0.00000364. The van der Waals surface area contributed by atoms with Gasteiger partial charge >= 0.3 is 0 Å². The third-order valence-electron chi connectivity index (χ3n) is 5.10. The summed E-state index contributed by atoms with van der Waals surface area (Å²) in [5.41, 5.74) is 1.23. The largest absolute Gasteiger partial charge is 0.356 e. The second-order valence-electron chi connectivity index (χ2n) is 8.05. The molecule has 5 nitrogen and oxygen atoms in total. The maximum atomic E-state index is 4.59. The second-order valence-corrected chi connectivity index (χ2v) is 9.11. The molecule has 1 unspecified atom stereocenters. The predicted octanol–water partition coefficient (Wildman–Crippen LogP) is 4.27. The summed E-state index contributed by atoms with van der Waals surface area (Å²) in [6.07, 6.45) is 4.93. The first-order valence-corrected chi connectivity index (χ1v) is 10.9. The van der Waals surface area contributed by atoms with Gasteiger partial charge in [0.15, 0.2) is 5.96 Å². The third kappa shape index (κ3) is 9.56. The summed E-state index contributed by atoms with van der Waals surface area (Å²) in [6.45, 7) is 13.2. The molecule has 0 amide bonds. The highest BCUT2D eigenvalue weighted by molar-refractivity contribution is 14.0. The zero-order valence-corrected chi connectivity index (χ0v) is 20.8. The fourth-order valence-electron chi connectivity index (χ4n) is 3.38. The quantitative estimate of drug-likeness (QED) is 0.314. The number of thiazole rings is 1. The maximum Gasteiger partial charge on any atom is 0.191 e. The van der Waals surface area contributed by atoms with Crippen molar-refractivity contribution in [3.63, 3.8) is 0 Å². The number of aromatic nitrogens is 1. The topological polar surface area (TPSA) is 52.6 Å². The van der Waals surface area contributed by atoms with Crippen molar-refractivity contribution in [2.75, 3.05) is 26.7 Å². The van der Waals surface area contributed by atoms with Gasteiger partial charge in [-0.05, 0) is 64.5 Å². The summed E-state index contributed by atoms with van der Waals surface area (Å²) >= 11 is 1.75. The molecule has 1 aliphatic heterocycles. The molecule has 2 heterocycles. The van der Waals surface area contributed by atoms with Crippen LogP contribution in [0.2, 0.25) is 0 Å². The summed E-state index contributed by atoms with van der Waals surface area (Å²) in [5, 5.41) is 10.4. The maximum absolute atomic E-state index is 4.59. The van der Waals surface area contributed by atoms with Gasteiger partial charge in [0, 0.05) is 31.6 Å². The summed E-state index contributed by atoms with van der Waals surface area (Å²) < 4.78 is 0. The molecule has 0 bridgehead atoms. The standard InChI is InChI=1S/C20H37N5S.HI/c1-15(2)6-7-16(3)23-20(21-5)22-12-18-8-10-25(11-9-18)13-19-14-26-17(4)24-19;/h14-16,18H,6-13H2,1-5H3,(H2,21,22,23);1H. The van der Waals surface area contributed by atoms with Crippen molar-refractivity contribution in [3.8, 4) is 0 Å². The molecule has 156 valence electrons. The first-order chi connectivity index (χ1) is 12.5. The van der Waals surface area contributed by atoms with Crippen LogP contribution in [0.1, 0.15) is 57.2 Å². The highest BCUT2D eigenvalue weighted by atomic mass is 127. The number of guanidine groups is 1. The van der Waals surface area contributed by atoms with Gasteiger partial charge < -0.3 is 10.6 Å². The summed E-state index contributed by atoms with van der Waals surface area (Å²) in [5.74, 6) is 2.43. The van der Waals surface area contributed by atoms with Gasteiger partial charge in [-0.25, -0.2) is 4.98 Å². The van der Waals surface area contributed by atoms with Gasteiger partial charge in [-0.15, -0.1) is 35.3 Å². The van der Waals surface area contributed by atoms with Crippen molar-refractivity contribution in [1.82, 2.24) is 20.5 Å². The fourth-order valence-corrected chi connectivity index (χ4v) is 3.99. The van der Waals surface area contributed by atoms with E-state index in [-0.39, 0.29) is 24.0 Å². The molecule has 2 N–H and O–H groups in total. The molecule has 0 aliphatic carbocycles. The van der Waals surface area contributed by atoms with E-state index in [2.05, 4.69) is 58.6 Å². The van der Waals surface area contributed by atoms with Crippen LogP contribution >= 0.6 is 35.3 Å². The van der Waals surface area contributed by atoms with Crippen molar-refractivity contribution in [1.29, 1.82) is 0 Å². The molecule has 1 atom stereocenters. The minimum atomic E-state index is 0. The number of aryl methyl sites for hydroxylation is 1. The lowest BCUT2D eigenvalue weighted by molar-refractivity contribution is 0.176. The van der Waals surface area contributed by atoms with E-state index in [9.17, 15) is 0 Å². The zero-order valence-electron chi connectivity index (χ0n) is 17.6. The van der Waals surface area contributed by atoms with Crippen molar-refractivity contribution < 1.29 is 0 Å². The molecule has 7 heteroatoms. The van der Waals surface area contributed by atoms with E-state index in [1.807, 2.05) is 7.05 Å². The molecule has 1 saturated heterocycles. The Bertz CT molecular complexity index is 552. The molecule has 0 aromatic carbocycles. The minimum absolute atomic E-state index is 0. The molecular formula is C20H38IN5S.